The topological polar surface area (TPSA) is 33.1 Å². The van der Waals surface area contributed by atoms with Crippen molar-refractivity contribution in [1.82, 2.24) is 19.8 Å². The second-order valence-electron chi connectivity index (χ2n) is 5.64. The first-order chi connectivity index (χ1) is 8.63. The van der Waals surface area contributed by atoms with Gasteiger partial charge in [-0.25, -0.2) is 4.98 Å². The summed E-state index contributed by atoms with van der Waals surface area (Å²) in [6, 6.07) is 0. The number of hydrogen-bond donors (Lipinski definition) is 1. The molecule has 0 amide bonds. The Morgan fingerprint density at radius 1 is 1.44 bits per heavy atom. The standard InChI is InChI=1S/C14H26N4/c1-4-14(3)12-17(8-5-6-16-14)10-11-18-9-7-15-13(18)2/h7,9,16H,4-6,8,10-12H2,1-3H3. The molecule has 1 aromatic heterocycles. The highest BCUT2D eigenvalue weighted by molar-refractivity contribution is 4.90. The van der Waals surface area contributed by atoms with E-state index in [-0.39, 0.29) is 5.54 Å². The lowest BCUT2D eigenvalue weighted by Gasteiger charge is -2.32. The van der Waals surface area contributed by atoms with Gasteiger partial charge in [0.1, 0.15) is 5.82 Å². The molecule has 2 rings (SSSR count). The molecular formula is C14H26N4. The summed E-state index contributed by atoms with van der Waals surface area (Å²) in [5.41, 5.74) is 0.278. The Kier molecular flexibility index (Phi) is 4.40. The van der Waals surface area contributed by atoms with Crippen molar-refractivity contribution in [2.45, 2.75) is 45.7 Å². The van der Waals surface area contributed by atoms with Crippen molar-refractivity contribution < 1.29 is 0 Å². The van der Waals surface area contributed by atoms with Crippen LogP contribution in [-0.4, -0.2) is 46.2 Å². The summed E-state index contributed by atoms with van der Waals surface area (Å²) in [5, 5.41) is 3.68. The molecule has 1 aromatic rings. The SMILES string of the molecule is CCC1(C)CN(CCn2ccnc2C)CCCN1. The highest BCUT2D eigenvalue weighted by Crippen LogP contribution is 2.15. The number of hydrogen-bond acceptors (Lipinski definition) is 3. The summed E-state index contributed by atoms with van der Waals surface area (Å²) >= 11 is 0. The van der Waals surface area contributed by atoms with Gasteiger partial charge in [0, 0.05) is 37.6 Å². The van der Waals surface area contributed by atoms with E-state index >= 15 is 0 Å². The summed E-state index contributed by atoms with van der Waals surface area (Å²) in [4.78, 5) is 6.86. The predicted molar refractivity (Wildman–Crippen MR) is 74.7 cm³/mol. The summed E-state index contributed by atoms with van der Waals surface area (Å²) in [5.74, 6) is 1.11. The Bertz CT molecular complexity index is 374. The maximum Gasteiger partial charge on any atom is 0.105 e. The van der Waals surface area contributed by atoms with Crippen LogP contribution in [0.25, 0.3) is 0 Å². The van der Waals surface area contributed by atoms with Crippen molar-refractivity contribution in [3.8, 4) is 0 Å². The van der Waals surface area contributed by atoms with E-state index in [1.54, 1.807) is 0 Å². The molecule has 2 heterocycles. The Morgan fingerprint density at radius 3 is 2.94 bits per heavy atom. The fraction of sp³-hybridized carbons (Fsp3) is 0.786. The number of nitrogens with one attached hydrogen (secondary N) is 1. The molecule has 1 aliphatic heterocycles. The van der Waals surface area contributed by atoms with Crippen molar-refractivity contribution in [1.29, 1.82) is 0 Å². The Hall–Kier alpha value is -0.870. The van der Waals surface area contributed by atoms with Crippen LogP contribution in [0.3, 0.4) is 0 Å². The van der Waals surface area contributed by atoms with Crippen LogP contribution in [0, 0.1) is 6.92 Å². The molecule has 1 N–H and O–H groups in total. The second kappa shape index (κ2) is 5.85. The zero-order valence-corrected chi connectivity index (χ0v) is 11.9. The summed E-state index contributed by atoms with van der Waals surface area (Å²) in [6.45, 7) is 12.4. The number of imidazole rings is 1. The maximum absolute atomic E-state index is 4.28. The van der Waals surface area contributed by atoms with Crippen LogP contribution < -0.4 is 5.32 Å². The molecule has 0 radical (unpaired) electrons. The predicted octanol–water partition coefficient (Wildman–Crippen LogP) is 1.66. The fourth-order valence-electron chi connectivity index (χ4n) is 2.64. The van der Waals surface area contributed by atoms with Gasteiger partial charge in [0.15, 0.2) is 0 Å². The third kappa shape index (κ3) is 3.33. The minimum absolute atomic E-state index is 0.278. The van der Waals surface area contributed by atoms with E-state index in [4.69, 9.17) is 0 Å². The van der Waals surface area contributed by atoms with Crippen LogP contribution in [0.15, 0.2) is 12.4 Å². The maximum atomic E-state index is 4.28. The largest absolute Gasteiger partial charge is 0.334 e. The van der Waals surface area contributed by atoms with Gasteiger partial charge in [0.2, 0.25) is 0 Å². The average molecular weight is 250 g/mol. The number of aromatic nitrogens is 2. The smallest absolute Gasteiger partial charge is 0.105 e. The molecule has 1 fully saturated rings. The number of rotatable bonds is 4. The van der Waals surface area contributed by atoms with Gasteiger partial charge < -0.3 is 9.88 Å². The Morgan fingerprint density at radius 2 is 2.28 bits per heavy atom. The fourth-order valence-corrected chi connectivity index (χ4v) is 2.64. The number of nitrogens with zero attached hydrogens (tertiary/aromatic N) is 3. The van der Waals surface area contributed by atoms with Crippen molar-refractivity contribution in [2.75, 3.05) is 26.2 Å². The first kappa shape index (κ1) is 13.6. The van der Waals surface area contributed by atoms with Crippen LogP contribution in [0.1, 0.15) is 32.5 Å². The van der Waals surface area contributed by atoms with Gasteiger partial charge in [-0.2, -0.15) is 0 Å². The molecule has 0 aliphatic carbocycles. The molecule has 4 heteroatoms. The zero-order chi connectivity index (χ0) is 13.0. The summed E-state index contributed by atoms with van der Waals surface area (Å²) in [7, 11) is 0. The van der Waals surface area contributed by atoms with E-state index in [1.165, 1.54) is 19.4 Å². The molecule has 0 bridgehead atoms. The van der Waals surface area contributed by atoms with E-state index in [0.29, 0.717) is 0 Å². The molecule has 102 valence electrons. The average Bonchev–Trinajstić information content (AvgIpc) is 2.66. The highest BCUT2D eigenvalue weighted by Gasteiger charge is 2.26. The van der Waals surface area contributed by atoms with Gasteiger partial charge in [-0.05, 0) is 39.8 Å². The lowest BCUT2D eigenvalue weighted by Crippen LogP contribution is -2.49. The van der Waals surface area contributed by atoms with E-state index in [0.717, 1.165) is 32.0 Å². The molecule has 0 spiro atoms. The van der Waals surface area contributed by atoms with Gasteiger partial charge in [-0.3, -0.25) is 4.90 Å². The lowest BCUT2D eigenvalue weighted by atomic mass is 9.99. The van der Waals surface area contributed by atoms with Crippen LogP contribution >= 0.6 is 0 Å². The molecule has 0 saturated carbocycles. The first-order valence-corrected chi connectivity index (χ1v) is 7.08. The minimum atomic E-state index is 0.278. The van der Waals surface area contributed by atoms with Gasteiger partial charge in [-0.15, -0.1) is 0 Å². The van der Waals surface area contributed by atoms with Crippen LogP contribution in [0.5, 0.6) is 0 Å². The summed E-state index contributed by atoms with van der Waals surface area (Å²) < 4.78 is 2.24. The van der Waals surface area contributed by atoms with Crippen LogP contribution in [0.2, 0.25) is 0 Å². The Labute approximate surface area is 110 Å². The number of aryl methyl sites for hydroxylation is 1. The molecular weight excluding hydrogens is 224 g/mol. The third-order valence-electron chi connectivity index (χ3n) is 4.14. The van der Waals surface area contributed by atoms with Crippen LogP contribution in [-0.2, 0) is 6.54 Å². The van der Waals surface area contributed by atoms with Crippen molar-refractivity contribution in [3.05, 3.63) is 18.2 Å². The molecule has 1 atom stereocenters. The molecule has 1 saturated heterocycles. The van der Waals surface area contributed by atoms with Gasteiger partial charge in [0.05, 0.1) is 0 Å². The van der Waals surface area contributed by atoms with Gasteiger partial charge in [-0.1, -0.05) is 6.92 Å². The second-order valence-corrected chi connectivity index (χ2v) is 5.64. The van der Waals surface area contributed by atoms with Gasteiger partial charge >= 0.3 is 0 Å². The molecule has 4 nitrogen and oxygen atoms in total. The highest BCUT2D eigenvalue weighted by atomic mass is 15.2. The lowest BCUT2D eigenvalue weighted by molar-refractivity contribution is 0.208. The Balaban J connectivity index is 1.90. The monoisotopic (exact) mass is 250 g/mol. The molecule has 1 unspecified atom stereocenters. The summed E-state index contributed by atoms with van der Waals surface area (Å²) in [6.07, 6.45) is 6.39. The van der Waals surface area contributed by atoms with Gasteiger partial charge in [0.25, 0.3) is 0 Å². The van der Waals surface area contributed by atoms with E-state index in [1.807, 2.05) is 6.20 Å². The third-order valence-corrected chi connectivity index (χ3v) is 4.14. The van der Waals surface area contributed by atoms with Crippen LogP contribution in [0.4, 0.5) is 0 Å². The van der Waals surface area contributed by atoms with Crippen molar-refractivity contribution in [2.24, 2.45) is 0 Å². The normalized spacial score (nSPS) is 26.2. The quantitative estimate of drug-likeness (QED) is 0.882. The van der Waals surface area contributed by atoms with E-state index in [9.17, 15) is 0 Å². The molecule has 0 aromatic carbocycles. The van der Waals surface area contributed by atoms with E-state index < -0.39 is 0 Å². The zero-order valence-electron chi connectivity index (χ0n) is 11.9. The minimum Gasteiger partial charge on any atom is -0.334 e. The first-order valence-electron chi connectivity index (χ1n) is 7.08. The van der Waals surface area contributed by atoms with Crippen molar-refractivity contribution in [3.63, 3.8) is 0 Å². The molecule has 18 heavy (non-hydrogen) atoms. The van der Waals surface area contributed by atoms with E-state index in [2.05, 4.69) is 46.7 Å². The molecule has 1 aliphatic rings. The van der Waals surface area contributed by atoms with Crippen molar-refractivity contribution >= 4 is 0 Å².